The van der Waals surface area contributed by atoms with Crippen LogP contribution in [0.5, 0.6) is 0 Å². The zero-order valence-electron chi connectivity index (χ0n) is 11.4. The highest BCUT2D eigenvalue weighted by molar-refractivity contribution is 5.46. The van der Waals surface area contributed by atoms with Crippen LogP contribution in [-0.2, 0) is 15.6 Å². The number of nitrogens with two attached hydrogens (primary N) is 1. The minimum absolute atomic E-state index is 0.247. The molecule has 0 aliphatic heterocycles. The van der Waals surface area contributed by atoms with Gasteiger partial charge in [-0.25, -0.2) is 0 Å². The summed E-state index contributed by atoms with van der Waals surface area (Å²) in [4.78, 5) is 0. The summed E-state index contributed by atoms with van der Waals surface area (Å²) in [6.07, 6.45) is 5.00. The molecule has 1 aromatic carbocycles. The maximum absolute atomic E-state index is 6.24. The topological polar surface area (TPSA) is 35.2 Å². The van der Waals surface area contributed by atoms with Gasteiger partial charge in [0.05, 0.1) is 6.61 Å². The normalized spacial score (nSPS) is 24.6. The van der Waals surface area contributed by atoms with E-state index in [-0.39, 0.29) is 16.9 Å². The van der Waals surface area contributed by atoms with Gasteiger partial charge in [0.1, 0.15) is 0 Å². The summed E-state index contributed by atoms with van der Waals surface area (Å²) in [7, 11) is 1.81. The van der Waals surface area contributed by atoms with Crippen molar-refractivity contribution in [3.63, 3.8) is 0 Å². The Hall–Kier alpha value is -0.860. The van der Waals surface area contributed by atoms with Crippen molar-refractivity contribution in [2.45, 2.75) is 49.5 Å². The maximum Gasteiger partial charge on any atom is 0.0559 e. The molecule has 98 valence electrons. The minimum atomic E-state index is 0.247. The van der Waals surface area contributed by atoms with E-state index in [0.29, 0.717) is 0 Å². The van der Waals surface area contributed by atoms with Gasteiger partial charge in [0.15, 0.2) is 0 Å². The Labute approximate surface area is 110 Å². The van der Waals surface area contributed by atoms with Gasteiger partial charge in [-0.1, -0.05) is 24.3 Å². The van der Waals surface area contributed by atoms with Gasteiger partial charge in [-0.15, -0.1) is 0 Å². The molecule has 1 aromatic rings. The molecule has 0 heterocycles. The maximum atomic E-state index is 6.24. The molecular weight excluding hydrogens is 222 g/mol. The van der Waals surface area contributed by atoms with Crippen LogP contribution >= 0.6 is 0 Å². The van der Waals surface area contributed by atoms with Crippen LogP contribution < -0.4 is 5.73 Å². The van der Waals surface area contributed by atoms with Gasteiger partial charge in [-0.3, -0.25) is 0 Å². The minimum Gasteiger partial charge on any atom is -0.384 e. The van der Waals surface area contributed by atoms with Crippen molar-refractivity contribution in [1.82, 2.24) is 0 Å². The lowest BCUT2D eigenvalue weighted by Gasteiger charge is -2.27. The quantitative estimate of drug-likeness (QED) is 0.865. The van der Waals surface area contributed by atoms with Crippen LogP contribution in [-0.4, -0.2) is 19.8 Å². The second-order valence-corrected chi connectivity index (χ2v) is 6.20. The highest BCUT2D eigenvalue weighted by Gasteiger charge is 2.53. The standard InChI is InChI=1S/C16H23NO/c1-12(17)16(9-10-16)14-6-4-3-5-13(14)15(7-8-15)11-18-2/h3-6,12H,7-11,17H2,1-2H3. The molecule has 2 N–H and O–H groups in total. The second-order valence-electron chi connectivity index (χ2n) is 6.20. The highest BCUT2D eigenvalue weighted by atomic mass is 16.5. The third-order valence-corrected chi connectivity index (χ3v) is 4.97. The fourth-order valence-corrected chi connectivity index (χ4v) is 3.40. The molecule has 18 heavy (non-hydrogen) atoms. The summed E-state index contributed by atoms with van der Waals surface area (Å²) in [6.45, 7) is 3.00. The first-order valence-electron chi connectivity index (χ1n) is 6.99. The van der Waals surface area contributed by atoms with Crippen LogP contribution in [0.1, 0.15) is 43.7 Å². The first-order chi connectivity index (χ1) is 8.65. The van der Waals surface area contributed by atoms with Crippen LogP contribution in [0.2, 0.25) is 0 Å². The van der Waals surface area contributed by atoms with Crippen LogP contribution in [0.3, 0.4) is 0 Å². The third-order valence-electron chi connectivity index (χ3n) is 4.97. The van der Waals surface area contributed by atoms with Crippen molar-refractivity contribution >= 4 is 0 Å². The van der Waals surface area contributed by atoms with Crippen LogP contribution in [0.15, 0.2) is 24.3 Å². The summed E-state index contributed by atoms with van der Waals surface area (Å²) in [5.41, 5.74) is 9.77. The van der Waals surface area contributed by atoms with Crippen molar-refractivity contribution in [1.29, 1.82) is 0 Å². The molecule has 3 rings (SSSR count). The molecule has 2 fully saturated rings. The number of ether oxygens (including phenoxy) is 1. The van der Waals surface area contributed by atoms with Gasteiger partial charge >= 0.3 is 0 Å². The summed E-state index contributed by atoms with van der Waals surface area (Å²) in [5, 5.41) is 0. The van der Waals surface area contributed by atoms with E-state index in [2.05, 4.69) is 31.2 Å². The molecule has 0 bridgehead atoms. The summed E-state index contributed by atoms with van der Waals surface area (Å²) >= 11 is 0. The average molecular weight is 245 g/mol. The average Bonchev–Trinajstić information content (AvgIpc) is 3.25. The highest BCUT2D eigenvalue weighted by Crippen LogP contribution is 2.57. The monoisotopic (exact) mass is 245 g/mol. The van der Waals surface area contributed by atoms with E-state index < -0.39 is 0 Å². The first kappa shape index (κ1) is 12.2. The Kier molecular flexibility index (Phi) is 2.76. The Balaban J connectivity index is 2.02. The van der Waals surface area contributed by atoms with E-state index in [1.54, 1.807) is 7.11 Å². The van der Waals surface area contributed by atoms with Crippen molar-refractivity contribution in [2.75, 3.05) is 13.7 Å². The predicted molar refractivity (Wildman–Crippen MR) is 73.8 cm³/mol. The molecule has 0 spiro atoms. The number of benzene rings is 1. The van der Waals surface area contributed by atoms with E-state index in [1.807, 2.05) is 0 Å². The van der Waals surface area contributed by atoms with Crippen LogP contribution in [0.4, 0.5) is 0 Å². The Morgan fingerprint density at radius 1 is 1.17 bits per heavy atom. The fraction of sp³-hybridized carbons (Fsp3) is 0.625. The molecule has 2 heteroatoms. The molecule has 0 aromatic heterocycles. The zero-order valence-corrected chi connectivity index (χ0v) is 11.4. The van der Waals surface area contributed by atoms with Gasteiger partial charge in [0.25, 0.3) is 0 Å². The van der Waals surface area contributed by atoms with Crippen molar-refractivity contribution < 1.29 is 4.74 Å². The van der Waals surface area contributed by atoms with Gasteiger partial charge < -0.3 is 10.5 Å². The fourth-order valence-electron chi connectivity index (χ4n) is 3.40. The molecule has 0 amide bonds. The summed E-state index contributed by atoms with van der Waals surface area (Å²) in [5.74, 6) is 0. The molecule has 1 unspecified atom stereocenters. The molecule has 2 aliphatic rings. The van der Waals surface area contributed by atoms with Crippen molar-refractivity contribution in [2.24, 2.45) is 5.73 Å². The lowest BCUT2D eigenvalue weighted by Crippen LogP contribution is -2.33. The number of methoxy groups -OCH3 is 1. The summed E-state index contributed by atoms with van der Waals surface area (Å²) in [6, 6.07) is 9.15. The van der Waals surface area contributed by atoms with Gasteiger partial charge in [-0.05, 0) is 43.7 Å². The largest absolute Gasteiger partial charge is 0.384 e. The molecule has 2 aliphatic carbocycles. The van der Waals surface area contributed by atoms with Gasteiger partial charge in [0.2, 0.25) is 0 Å². The molecule has 1 atom stereocenters. The summed E-state index contributed by atoms with van der Waals surface area (Å²) < 4.78 is 5.44. The smallest absolute Gasteiger partial charge is 0.0559 e. The molecule has 0 saturated heterocycles. The van der Waals surface area contributed by atoms with Gasteiger partial charge in [-0.2, -0.15) is 0 Å². The second kappa shape index (κ2) is 4.07. The van der Waals surface area contributed by atoms with E-state index in [0.717, 1.165) is 6.61 Å². The zero-order chi connectivity index (χ0) is 12.8. The number of hydrogen-bond donors (Lipinski definition) is 1. The van der Waals surface area contributed by atoms with E-state index in [9.17, 15) is 0 Å². The van der Waals surface area contributed by atoms with E-state index in [4.69, 9.17) is 10.5 Å². The van der Waals surface area contributed by atoms with Crippen LogP contribution in [0, 0.1) is 0 Å². The molecule has 2 saturated carbocycles. The lowest BCUT2D eigenvalue weighted by atomic mass is 9.81. The predicted octanol–water partition coefficient (Wildman–Crippen LogP) is 2.74. The Morgan fingerprint density at radius 2 is 1.78 bits per heavy atom. The number of rotatable bonds is 5. The van der Waals surface area contributed by atoms with E-state index >= 15 is 0 Å². The van der Waals surface area contributed by atoms with Crippen molar-refractivity contribution in [3.05, 3.63) is 35.4 Å². The van der Waals surface area contributed by atoms with Gasteiger partial charge in [0, 0.05) is 24.0 Å². The van der Waals surface area contributed by atoms with Crippen LogP contribution in [0.25, 0.3) is 0 Å². The Bertz CT molecular complexity index is 444. The Morgan fingerprint density at radius 3 is 2.22 bits per heavy atom. The lowest BCUT2D eigenvalue weighted by molar-refractivity contribution is 0.170. The SMILES string of the molecule is COCC1(c2ccccc2C2(C(C)N)CC2)CC1. The third kappa shape index (κ3) is 1.70. The molecule has 2 nitrogen and oxygen atoms in total. The number of hydrogen-bond acceptors (Lipinski definition) is 2. The molecule has 0 radical (unpaired) electrons. The molecular formula is C16H23NO. The first-order valence-corrected chi connectivity index (χ1v) is 6.99. The van der Waals surface area contributed by atoms with E-state index in [1.165, 1.54) is 36.8 Å². The van der Waals surface area contributed by atoms with Crippen molar-refractivity contribution in [3.8, 4) is 0 Å².